The van der Waals surface area contributed by atoms with E-state index in [0.717, 1.165) is 43.7 Å². The maximum atomic E-state index is 12.8. The first-order valence-corrected chi connectivity index (χ1v) is 10.8. The second-order valence-electron chi connectivity index (χ2n) is 7.69. The second kappa shape index (κ2) is 10.8. The van der Waals surface area contributed by atoms with E-state index >= 15 is 0 Å². The van der Waals surface area contributed by atoms with Crippen molar-refractivity contribution in [2.45, 2.75) is 38.6 Å². The van der Waals surface area contributed by atoms with E-state index in [1.54, 1.807) is 12.3 Å². The van der Waals surface area contributed by atoms with Gasteiger partial charge in [0.05, 0.1) is 11.8 Å². The zero-order valence-corrected chi connectivity index (χ0v) is 18.3. The average Bonchev–Trinajstić information content (AvgIpc) is 3.52. The van der Waals surface area contributed by atoms with E-state index < -0.39 is 11.7 Å². The van der Waals surface area contributed by atoms with Crippen molar-refractivity contribution in [2.75, 3.05) is 0 Å². The number of oxazole rings is 1. The van der Waals surface area contributed by atoms with Crippen LogP contribution in [0, 0.1) is 0 Å². The van der Waals surface area contributed by atoms with Crippen LogP contribution in [0.4, 0.5) is 13.2 Å². The van der Waals surface area contributed by atoms with Gasteiger partial charge in [-0.1, -0.05) is 29.5 Å². The Bertz CT molecular complexity index is 1200. The molecule has 0 saturated heterocycles. The smallest absolute Gasteiger partial charge is 0.416 e. The fraction of sp³-hybridized carbons (Fsp3) is 0.240. The van der Waals surface area contributed by atoms with Gasteiger partial charge in [-0.25, -0.2) is 4.98 Å². The van der Waals surface area contributed by atoms with Gasteiger partial charge < -0.3 is 9.15 Å². The van der Waals surface area contributed by atoms with Crippen molar-refractivity contribution in [1.82, 2.24) is 20.0 Å². The molecule has 2 heterocycles. The number of benzene rings is 2. The number of halogens is 3. The SMILES string of the molecule is FC(F)(F)c1cccc(C=Cc2nc(COc3ccc(CCCCn4ccnn4)cc3)co2)c1. The molecule has 0 fully saturated rings. The Balaban J connectivity index is 1.23. The molecule has 9 heteroatoms. The molecule has 0 amide bonds. The van der Waals surface area contributed by atoms with Crippen LogP contribution in [-0.2, 0) is 25.7 Å². The number of rotatable bonds is 10. The normalized spacial score (nSPS) is 11.9. The maximum absolute atomic E-state index is 12.8. The predicted octanol–water partition coefficient (Wildman–Crippen LogP) is 6.06. The lowest BCUT2D eigenvalue weighted by Crippen LogP contribution is -2.04. The highest BCUT2D eigenvalue weighted by atomic mass is 19.4. The van der Waals surface area contributed by atoms with Gasteiger partial charge in [-0.2, -0.15) is 13.2 Å². The molecule has 0 unspecified atom stereocenters. The molecular formula is C25H23F3N4O2. The molecule has 4 rings (SSSR count). The number of aromatic nitrogens is 4. The van der Waals surface area contributed by atoms with Gasteiger partial charge in [-0.15, -0.1) is 5.10 Å². The predicted molar refractivity (Wildman–Crippen MR) is 121 cm³/mol. The van der Waals surface area contributed by atoms with Crippen LogP contribution in [0.15, 0.2) is 71.6 Å². The van der Waals surface area contributed by atoms with Gasteiger partial charge in [-0.05, 0) is 60.7 Å². The minimum atomic E-state index is -4.38. The summed E-state index contributed by atoms with van der Waals surface area (Å²) in [7, 11) is 0. The van der Waals surface area contributed by atoms with Crippen molar-refractivity contribution in [2.24, 2.45) is 0 Å². The topological polar surface area (TPSA) is 66.0 Å². The Morgan fingerprint density at radius 1 is 1.03 bits per heavy atom. The molecule has 0 aliphatic rings. The van der Waals surface area contributed by atoms with E-state index in [-0.39, 0.29) is 12.5 Å². The number of hydrogen-bond acceptors (Lipinski definition) is 5. The van der Waals surface area contributed by atoms with Crippen LogP contribution in [0.5, 0.6) is 5.75 Å². The lowest BCUT2D eigenvalue weighted by Gasteiger charge is -2.06. The van der Waals surface area contributed by atoms with E-state index in [4.69, 9.17) is 9.15 Å². The largest absolute Gasteiger partial charge is 0.487 e. The Labute approximate surface area is 194 Å². The first kappa shape index (κ1) is 23.3. The van der Waals surface area contributed by atoms with Crippen LogP contribution >= 0.6 is 0 Å². The minimum absolute atomic E-state index is 0.220. The van der Waals surface area contributed by atoms with Crippen LogP contribution in [0.2, 0.25) is 0 Å². The fourth-order valence-corrected chi connectivity index (χ4v) is 3.32. The van der Waals surface area contributed by atoms with E-state index in [1.165, 1.54) is 30.0 Å². The second-order valence-corrected chi connectivity index (χ2v) is 7.69. The molecule has 6 nitrogen and oxygen atoms in total. The highest BCUT2D eigenvalue weighted by Gasteiger charge is 2.30. The van der Waals surface area contributed by atoms with Crippen LogP contribution in [0.3, 0.4) is 0 Å². The standard InChI is InChI=1S/C25H23F3N4O2/c26-25(27,28)21-6-3-5-20(16-21)9-12-24-30-22(18-34-24)17-33-23-10-7-19(8-11-23)4-1-2-14-32-15-13-29-31-32/h3,5-13,15-16,18H,1-2,4,14,17H2. The van der Waals surface area contributed by atoms with Gasteiger partial charge in [-0.3, -0.25) is 4.68 Å². The van der Waals surface area contributed by atoms with Gasteiger partial charge in [0.2, 0.25) is 5.89 Å². The molecule has 0 saturated carbocycles. The Hall–Kier alpha value is -3.88. The van der Waals surface area contributed by atoms with Gasteiger partial charge in [0.1, 0.15) is 24.3 Å². The summed E-state index contributed by atoms with van der Waals surface area (Å²) in [6.07, 6.45) is 6.72. The lowest BCUT2D eigenvalue weighted by atomic mass is 10.1. The summed E-state index contributed by atoms with van der Waals surface area (Å²) >= 11 is 0. The highest BCUT2D eigenvalue weighted by molar-refractivity contribution is 5.66. The fourth-order valence-electron chi connectivity index (χ4n) is 3.32. The molecule has 2 aromatic carbocycles. The Morgan fingerprint density at radius 3 is 2.65 bits per heavy atom. The van der Waals surface area contributed by atoms with Gasteiger partial charge in [0.25, 0.3) is 0 Å². The number of alkyl halides is 3. The minimum Gasteiger partial charge on any atom is -0.487 e. The molecule has 0 aliphatic carbocycles. The van der Waals surface area contributed by atoms with Crippen LogP contribution in [0.25, 0.3) is 12.2 Å². The van der Waals surface area contributed by atoms with Crippen LogP contribution < -0.4 is 4.74 Å². The molecule has 176 valence electrons. The van der Waals surface area contributed by atoms with E-state index in [1.807, 2.05) is 35.1 Å². The molecule has 0 aliphatic heterocycles. The summed E-state index contributed by atoms with van der Waals surface area (Å²) in [4.78, 5) is 4.29. The number of hydrogen-bond donors (Lipinski definition) is 0. The zero-order valence-electron chi connectivity index (χ0n) is 18.3. The first-order valence-electron chi connectivity index (χ1n) is 10.8. The summed E-state index contributed by atoms with van der Waals surface area (Å²) in [5.74, 6) is 1.01. The molecule has 0 radical (unpaired) electrons. The van der Waals surface area contributed by atoms with Crippen LogP contribution in [0.1, 0.15) is 41.1 Å². The van der Waals surface area contributed by atoms with E-state index in [9.17, 15) is 13.2 Å². The molecule has 0 spiro atoms. The van der Waals surface area contributed by atoms with Crippen molar-refractivity contribution >= 4 is 12.2 Å². The van der Waals surface area contributed by atoms with Crippen molar-refractivity contribution in [3.05, 3.63) is 95.5 Å². The highest BCUT2D eigenvalue weighted by Crippen LogP contribution is 2.29. The van der Waals surface area contributed by atoms with Gasteiger partial charge >= 0.3 is 6.18 Å². The third-order valence-electron chi connectivity index (χ3n) is 5.09. The Morgan fingerprint density at radius 2 is 1.88 bits per heavy atom. The first-order chi connectivity index (χ1) is 16.5. The third kappa shape index (κ3) is 6.81. The maximum Gasteiger partial charge on any atom is 0.416 e. The lowest BCUT2D eigenvalue weighted by molar-refractivity contribution is -0.137. The number of unbranched alkanes of at least 4 members (excludes halogenated alkanes) is 1. The quantitative estimate of drug-likeness (QED) is 0.265. The molecule has 0 bridgehead atoms. The monoisotopic (exact) mass is 468 g/mol. The molecule has 2 aromatic heterocycles. The van der Waals surface area contributed by atoms with Crippen molar-refractivity contribution < 1.29 is 22.3 Å². The molecule has 0 atom stereocenters. The number of nitrogens with zero attached hydrogens (tertiary/aromatic N) is 4. The number of ether oxygens (including phenoxy) is 1. The summed E-state index contributed by atoms with van der Waals surface area (Å²) in [6.45, 7) is 1.08. The summed E-state index contributed by atoms with van der Waals surface area (Å²) < 4.78 is 51.4. The number of aryl methyl sites for hydroxylation is 2. The summed E-state index contributed by atoms with van der Waals surface area (Å²) in [5, 5.41) is 7.74. The van der Waals surface area contributed by atoms with Gasteiger partial charge in [0, 0.05) is 18.8 Å². The van der Waals surface area contributed by atoms with Gasteiger partial charge in [0.15, 0.2) is 0 Å². The summed E-state index contributed by atoms with van der Waals surface area (Å²) in [6, 6.07) is 13.0. The third-order valence-corrected chi connectivity index (χ3v) is 5.09. The molecule has 0 N–H and O–H groups in total. The molecule has 34 heavy (non-hydrogen) atoms. The van der Waals surface area contributed by atoms with E-state index in [0.29, 0.717) is 11.3 Å². The van der Waals surface area contributed by atoms with Crippen LogP contribution in [-0.4, -0.2) is 20.0 Å². The van der Waals surface area contributed by atoms with Crippen molar-refractivity contribution in [3.63, 3.8) is 0 Å². The van der Waals surface area contributed by atoms with E-state index in [2.05, 4.69) is 15.3 Å². The molecule has 4 aromatic rings. The average molecular weight is 468 g/mol. The zero-order chi connectivity index (χ0) is 23.8. The van der Waals surface area contributed by atoms with Crippen molar-refractivity contribution in [3.8, 4) is 5.75 Å². The van der Waals surface area contributed by atoms with Crippen molar-refractivity contribution in [1.29, 1.82) is 0 Å². The molecular weight excluding hydrogens is 445 g/mol. The Kier molecular flexibility index (Phi) is 7.41. The summed E-state index contributed by atoms with van der Waals surface area (Å²) in [5.41, 5.74) is 1.52.